The van der Waals surface area contributed by atoms with E-state index in [2.05, 4.69) is 20.9 Å². The van der Waals surface area contributed by atoms with E-state index in [1.165, 1.54) is 25.3 Å². The number of hydrogen-bond donors (Lipinski definition) is 5. The number of nitrogens with one attached hydrogen (secondary N) is 3. The van der Waals surface area contributed by atoms with Crippen molar-refractivity contribution in [2.75, 3.05) is 11.9 Å². The molecule has 1 aromatic heterocycles. The molecule has 0 saturated heterocycles. The molecule has 0 saturated carbocycles. The van der Waals surface area contributed by atoms with Gasteiger partial charge in [-0.05, 0) is 24.6 Å². The van der Waals surface area contributed by atoms with Gasteiger partial charge in [-0.3, -0.25) is 19.2 Å². The van der Waals surface area contributed by atoms with E-state index in [-0.39, 0.29) is 18.7 Å². The number of thiazole rings is 1. The molecule has 0 aliphatic heterocycles. The predicted octanol–water partition coefficient (Wildman–Crippen LogP) is -0.209. The molecular weight excluding hydrogens is 398 g/mol. The Hall–Kier alpha value is -3.47. The minimum Gasteiger partial charge on any atom is -0.508 e. The zero-order chi connectivity index (χ0) is 21.4. The highest BCUT2D eigenvalue weighted by atomic mass is 32.1. The van der Waals surface area contributed by atoms with Gasteiger partial charge in [0.1, 0.15) is 17.8 Å². The fourth-order valence-corrected chi connectivity index (χ4v) is 2.95. The molecule has 0 aliphatic rings. The number of hydrogen-bond acceptors (Lipinski definition) is 8. The predicted molar refractivity (Wildman–Crippen MR) is 107 cm³/mol. The van der Waals surface area contributed by atoms with Crippen LogP contribution in [0.15, 0.2) is 30.5 Å². The number of carbonyl (C=O) groups excluding carboxylic acids is 4. The van der Waals surface area contributed by atoms with Gasteiger partial charge in [0.25, 0.3) is 0 Å². The van der Waals surface area contributed by atoms with Gasteiger partial charge in [0, 0.05) is 6.42 Å². The summed E-state index contributed by atoms with van der Waals surface area (Å²) >= 11 is 1.10. The highest BCUT2D eigenvalue weighted by Gasteiger charge is 2.23. The Morgan fingerprint density at radius 3 is 2.52 bits per heavy atom. The summed E-state index contributed by atoms with van der Waals surface area (Å²) < 4.78 is 0. The molecule has 0 fully saturated rings. The molecule has 2 atom stereocenters. The minimum absolute atomic E-state index is 0.0819. The molecule has 0 radical (unpaired) electrons. The fourth-order valence-electron chi connectivity index (χ4n) is 2.32. The fraction of sp³-hybridized carbons (Fsp3) is 0.278. The first kappa shape index (κ1) is 21.8. The van der Waals surface area contributed by atoms with Gasteiger partial charge in [-0.25, -0.2) is 4.98 Å². The number of rotatable bonds is 10. The number of anilines is 1. The van der Waals surface area contributed by atoms with E-state index in [9.17, 15) is 24.3 Å². The molecular formula is C18H21N5O5S. The first-order valence-electron chi connectivity index (χ1n) is 8.60. The number of phenolic OH excluding ortho intramolecular Hbond substituents is 1. The lowest BCUT2D eigenvalue weighted by Gasteiger charge is -2.19. The summed E-state index contributed by atoms with van der Waals surface area (Å²) in [7, 11) is 0. The third-order valence-electron chi connectivity index (χ3n) is 3.85. The Morgan fingerprint density at radius 2 is 1.93 bits per heavy atom. The lowest BCUT2D eigenvalue weighted by atomic mass is 10.0. The van der Waals surface area contributed by atoms with Crippen LogP contribution in [0.4, 0.5) is 5.13 Å². The van der Waals surface area contributed by atoms with E-state index in [4.69, 9.17) is 5.73 Å². The number of nitrogens with two attached hydrogens (primary N) is 1. The molecule has 1 aromatic carbocycles. The maximum absolute atomic E-state index is 12.3. The van der Waals surface area contributed by atoms with Crippen molar-refractivity contribution in [3.63, 3.8) is 0 Å². The van der Waals surface area contributed by atoms with Gasteiger partial charge in [0.2, 0.25) is 17.7 Å². The van der Waals surface area contributed by atoms with Crippen molar-refractivity contribution in [2.24, 2.45) is 5.73 Å². The summed E-state index contributed by atoms with van der Waals surface area (Å²) in [5, 5.41) is 17.5. The SMILES string of the molecule is CC(NC(=O)CNc1ncc(C=O)s1)C(=O)NC(Cc1ccc(O)cc1)C(N)=O. The van der Waals surface area contributed by atoms with Crippen molar-refractivity contribution >= 4 is 40.5 Å². The zero-order valence-corrected chi connectivity index (χ0v) is 16.4. The van der Waals surface area contributed by atoms with Crippen LogP contribution >= 0.6 is 11.3 Å². The first-order valence-corrected chi connectivity index (χ1v) is 9.42. The molecule has 10 nitrogen and oxygen atoms in total. The molecule has 29 heavy (non-hydrogen) atoms. The van der Waals surface area contributed by atoms with Gasteiger partial charge < -0.3 is 26.8 Å². The quantitative estimate of drug-likeness (QED) is 0.333. The lowest BCUT2D eigenvalue weighted by Crippen LogP contribution is -2.53. The second-order valence-electron chi connectivity index (χ2n) is 6.16. The Balaban J connectivity index is 1.84. The topological polar surface area (TPSA) is 164 Å². The standard InChI is InChI=1S/C18H21N5O5S/c1-10(22-15(26)8-21-18-20-7-13(9-24)29-18)17(28)23-14(16(19)27)6-11-2-4-12(25)5-3-11/h2-5,7,9-10,14,25H,6,8H2,1H3,(H2,19,27)(H,20,21)(H,22,26)(H,23,28). The van der Waals surface area contributed by atoms with Crippen LogP contribution in [0.3, 0.4) is 0 Å². The number of phenols is 1. The van der Waals surface area contributed by atoms with Gasteiger partial charge in [0.15, 0.2) is 11.4 Å². The van der Waals surface area contributed by atoms with Gasteiger partial charge in [-0.1, -0.05) is 23.5 Å². The van der Waals surface area contributed by atoms with Crippen LogP contribution < -0.4 is 21.7 Å². The molecule has 2 rings (SSSR count). The number of aromatic hydroxyl groups is 1. The molecule has 1 heterocycles. The maximum atomic E-state index is 12.3. The van der Waals surface area contributed by atoms with Crippen molar-refractivity contribution in [3.8, 4) is 5.75 Å². The Labute approximate surface area is 170 Å². The van der Waals surface area contributed by atoms with E-state index < -0.39 is 29.8 Å². The van der Waals surface area contributed by atoms with Crippen molar-refractivity contribution < 1.29 is 24.3 Å². The normalized spacial score (nSPS) is 12.4. The number of aldehydes is 1. The smallest absolute Gasteiger partial charge is 0.242 e. The van der Waals surface area contributed by atoms with Crippen molar-refractivity contribution in [2.45, 2.75) is 25.4 Å². The van der Waals surface area contributed by atoms with Crippen LogP contribution in [0, 0.1) is 0 Å². The monoisotopic (exact) mass is 419 g/mol. The Morgan fingerprint density at radius 1 is 1.24 bits per heavy atom. The summed E-state index contributed by atoms with van der Waals surface area (Å²) in [4.78, 5) is 50.9. The van der Waals surface area contributed by atoms with Crippen LogP contribution in [0.5, 0.6) is 5.75 Å². The number of primary amides is 1. The van der Waals surface area contributed by atoms with Crippen molar-refractivity contribution in [1.82, 2.24) is 15.6 Å². The number of benzene rings is 1. The average molecular weight is 419 g/mol. The van der Waals surface area contributed by atoms with Gasteiger partial charge in [0.05, 0.1) is 17.6 Å². The molecule has 154 valence electrons. The zero-order valence-electron chi connectivity index (χ0n) is 15.5. The minimum atomic E-state index is -0.971. The Kier molecular flexibility index (Phi) is 7.66. The molecule has 3 amide bonds. The second-order valence-corrected chi connectivity index (χ2v) is 7.22. The average Bonchev–Trinajstić information content (AvgIpc) is 3.15. The van der Waals surface area contributed by atoms with Crippen LogP contribution in [-0.2, 0) is 20.8 Å². The van der Waals surface area contributed by atoms with Crippen LogP contribution in [-0.4, -0.2) is 52.7 Å². The van der Waals surface area contributed by atoms with Crippen LogP contribution in [0.1, 0.15) is 22.2 Å². The highest BCUT2D eigenvalue weighted by Crippen LogP contribution is 2.15. The third kappa shape index (κ3) is 6.88. The summed E-state index contributed by atoms with van der Waals surface area (Å²) in [5.74, 6) is -1.68. The maximum Gasteiger partial charge on any atom is 0.242 e. The van der Waals surface area contributed by atoms with E-state index in [0.29, 0.717) is 21.9 Å². The first-order chi connectivity index (χ1) is 13.8. The summed E-state index contributed by atoms with van der Waals surface area (Å²) in [5.41, 5.74) is 6.06. The summed E-state index contributed by atoms with van der Waals surface area (Å²) in [6, 6.07) is 4.28. The molecule has 0 spiro atoms. The van der Waals surface area contributed by atoms with Gasteiger partial charge in [-0.2, -0.15) is 0 Å². The van der Waals surface area contributed by atoms with E-state index in [1.807, 2.05) is 0 Å². The number of amides is 3. The Bertz CT molecular complexity index is 883. The molecule has 2 unspecified atom stereocenters. The highest BCUT2D eigenvalue weighted by molar-refractivity contribution is 7.17. The number of nitrogens with zero attached hydrogens (tertiary/aromatic N) is 1. The lowest BCUT2D eigenvalue weighted by molar-refractivity contribution is -0.130. The van der Waals surface area contributed by atoms with Crippen LogP contribution in [0.25, 0.3) is 0 Å². The molecule has 2 aromatic rings. The summed E-state index contributed by atoms with van der Waals surface area (Å²) in [6.07, 6.45) is 2.18. The summed E-state index contributed by atoms with van der Waals surface area (Å²) in [6.45, 7) is 1.33. The molecule has 6 N–H and O–H groups in total. The largest absolute Gasteiger partial charge is 0.508 e. The molecule has 0 aliphatic carbocycles. The van der Waals surface area contributed by atoms with Crippen molar-refractivity contribution in [3.05, 3.63) is 40.9 Å². The van der Waals surface area contributed by atoms with Gasteiger partial charge in [-0.15, -0.1) is 0 Å². The second kappa shape index (κ2) is 10.2. The number of aromatic nitrogens is 1. The third-order valence-corrected chi connectivity index (χ3v) is 4.73. The van der Waals surface area contributed by atoms with Crippen molar-refractivity contribution in [1.29, 1.82) is 0 Å². The van der Waals surface area contributed by atoms with E-state index >= 15 is 0 Å². The van der Waals surface area contributed by atoms with Crippen LogP contribution in [0.2, 0.25) is 0 Å². The molecule has 11 heteroatoms. The molecule has 0 bridgehead atoms. The number of carbonyl (C=O) groups is 4. The van der Waals surface area contributed by atoms with E-state index in [1.54, 1.807) is 12.1 Å². The van der Waals surface area contributed by atoms with Gasteiger partial charge >= 0.3 is 0 Å². The van der Waals surface area contributed by atoms with E-state index in [0.717, 1.165) is 11.3 Å².